The molecule has 0 saturated heterocycles. The van der Waals surface area contributed by atoms with Gasteiger partial charge >= 0.3 is 5.97 Å². The molecule has 2 aromatic heterocycles. The number of oxazole rings is 1. The van der Waals surface area contributed by atoms with E-state index in [9.17, 15) is 9.90 Å². The number of rotatable bonds is 3. The van der Waals surface area contributed by atoms with Crippen LogP contribution in [0.4, 0.5) is 0 Å². The summed E-state index contributed by atoms with van der Waals surface area (Å²) in [5.74, 6) is 0.103. The van der Waals surface area contributed by atoms with Crippen molar-refractivity contribution in [3.63, 3.8) is 0 Å². The highest BCUT2D eigenvalue weighted by Crippen LogP contribution is 2.48. The Morgan fingerprint density at radius 1 is 1.48 bits per heavy atom. The highest BCUT2D eigenvalue weighted by molar-refractivity contribution is 7.13. The molecule has 2 aromatic rings. The van der Waals surface area contributed by atoms with Gasteiger partial charge in [0.2, 0.25) is 5.89 Å². The van der Waals surface area contributed by atoms with Crippen LogP contribution < -0.4 is 0 Å². The summed E-state index contributed by atoms with van der Waals surface area (Å²) in [5, 5.41) is 11.4. The van der Waals surface area contributed by atoms with Crippen LogP contribution in [0.1, 0.15) is 61.7 Å². The maximum atomic E-state index is 11.5. The summed E-state index contributed by atoms with van der Waals surface area (Å²) in [4.78, 5) is 16.6. The number of carbonyl (C=O) groups is 1. The number of carboxylic acids is 1. The Labute approximate surface area is 127 Å². The van der Waals surface area contributed by atoms with Crippen LogP contribution in [0, 0.1) is 5.41 Å². The van der Waals surface area contributed by atoms with Crippen molar-refractivity contribution in [1.82, 2.24) is 4.98 Å². The van der Waals surface area contributed by atoms with E-state index < -0.39 is 5.97 Å². The Kier molecular flexibility index (Phi) is 3.61. The Balaban J connectivity index is 2.06. The minimum atomic E-state index is -1.00. The lowest BCUT2D eigenvalue weighted by atomic mass is 9.67. The van der Waals surface area contributed by atoms with Crippen molar-refractivity contribution < 1.29 is 14.3 Å². The average molecular weight is 305 g/mol. The van der Waals surface area contributed by atoms with E-state index in [0.717, 1.165) is 24.1 Å². The van der Waals surface area contributed by atoms with Crippen LogP contribution in [0.15, 0.2) is 21.9 Å². The Bertz CT molecular complexity index is 643. The van der Waals surface area contributed by atoms with E-state index in [0.29, 0.717) is 11.7 Å². The van der Waals surface area contributed by atoms with Gasteiger partial charge < -0.3 is 9.52 Å². The number of thiophene rings is 1. The van der Waals surface area contributed by atoms with Gasteiger partial charge in [-0.2, -0.15) is 0 Å². The van der Waals surface area contributed by atoms with Crippen LogP contribution in [0.3, 0.4) is 0 Å². The van der Waals surface area contributed by atoms with Crippen molar-refractivity contribution in [2.45, 2.75) is 45.4 Å². The molecule has 4 nitrogen and oxygen atoms in total. The van der Waals surface area contributed by atoms with Gasteiger partial charge in [0.05, 0.1) is 4.88 Å². The van der Waals surface area contributed by atoms with Gasteiger partial charge in [0.15, 0.2) is 5.69 Å². The maximum Gasteiger partial charge on any atom is 0.358 e. The van der Waals surface area contributed by atoms with Crippen molar-refractivity contribution in [3.8, 4) is 10.8 Å². The summed E-state index contributed by atoms with van der Waals surface area (Å²) >= 11 is 1.51. The van der Waals surface area contributed by atoms with E-state index in [1.807, 2.05) is 17.5 Å². The van der Waals surface area contributed by atoms with E-state index in [1.165, 1.54) is 17.8 Å². The number of hydrogen-bond acceptors (Lipinski definition) is 4. The first-order valence-corrected chi connectivity index (χ1v) is 8.15. The molecule has 1 unspecified atom stereocenters. The highest BCUT2D eigenvalue weighted by atomic mass is 32.1. The lowest BCUT2D eigenvalue weighted by molar-refractivity contribution is 0.0684. The molecular weight excluding hydrogens is 286 g/mol. The third kappa shape index (κ3) is 2.62. The van der Waals surface area contributed by atoms with E-state index in [2.05, 4.69) is 18.8 Å². The van der Waals surface area contributed by atoms with Gasteiger partial charge in [-0.1, -0.05) is 32.8 Å². The summed E-state index contributed by atoms with van der Waals surface area (Å²) in [6, 6.07) is 3.81. The van der Waals surface area contributed by atoms with E-state index in [1.54, 1.807) is 0 Å². The largest absolute Gasteiger partial charge is 0.476 e. The smallest absolute Gasteiger partial charge is 0.358 e. The van der Waals surface area contributed by atoms with Crippen molar-refractivity contribution in [2.24, 2.45) is 5.41 Å². The quantitative estimate of drug-likeness (QED) is 0.886. The van der Waals surface area contributed by atoms with Crippen molar-refractivity contribution >= 4 is 17.3 Å². The zero-order valence-corrected chi connectivity index (χ0v) is 13.1. The van der Waals surface area contributed by atoms with Gasteiger partial charge in [-0.25, -0.2) is 9.78 Å². The average Bonchev–Trinajstić information content (AvgIpc) is 3.07. The second kappa shape index (κ2) is 5.30. The van der Waals surface area contributed by atoms with Crippen LogP contribution >= 0.6 is 11.3 Å². The number of aromatic carboxylic acids is 1. The molecule has 21 heavy (non-hydrogen) atoms. The fourth-order valence-corrected chi connectivity index (χ4v) is 3.86. The predicted molar refractivity (Wildman–Crippen MR) is 81.8 cm³/mol. The first-order chi connectivity index (χ1) is 9.99. The fraction of sp³-hybridized carbons (Fsp3) is 0.500. The summed E-state index contributed by atoms with van der Waals surface area (Å²) in [6.45, 7) is 4.38. The van der Waals surface area contributed by atoms with E-state index in [4.69, 9.17) is 4.42 Å². The molecule has 0 spiro atoms. The van der Waals surface area contributed by atoms with Gasteiger partial charge in [-0.15, -0.1) is 11.3 Å². The number of nitrogens with zero attached hydrogens (tertiary/aromatic N) is 1. The molecule has 2 heterocycles. The zero-order valence-electron chi connectivity index (χ0n) is 12.3. The van der Waals surface area contributed by atoms with Crippen LogP contribution in [-0.2, 0) is 0 Å². The lowest BCUT2D eigenvalue weighted by Gasteiger charge is -2.37. The third-order valence-corrected chi connectivity index (χ3v) is 5.27. The summed E-state index contributed by atoms with van der Waals surface area (Å²) < 4.78 is 5.91. The molecule has 0 aromatic carbocycles. The van der Waals surface area contributed by atoms with E-state index >= 15 is 0 Å². The fourth-order valence-electron chi connectivity index (χ4n) is 3.21. The summed E-state index contributed by atoms with van der Waals surface area (Å²) in [7, 11) is 0. The molecule has 0 amide bonds. The SMILES string of the molecule is CC1(C)CCCCC1c1oc(-c2cccs2)nc1C(=O)O. The first-order valence-electron chi connectivity index (χ1n) is 7.27. The minimum Gasteiger partial charge on any atom is -0.476 e. The molecule has 1 atom stereocenters. The molecule has 112 valence electrons. The maximum absolute atomic E-state index is 11.5. The second-order valence-corrected chi connectivity index (χ2v) is 7.25. The molecule has 1 aliphatic rings. The van der Waals surface area contributed by atoms with Crippen LogP contribution in [0.5, 0.6) is 0 Å². The minimum absolute atomic E-state index is 0.0503. The van der Waals surface area contributed by atoms with Crippen molar-refractivity contribution in [2.75, 3.05) is 0 Å². The predicted octanol–water partition coefficient (Wildman–Crippen LogP) is 4.79. The second-order valence-electron chi connectivity index (χ2n) is 6.30. The monoisotopic (exact) mass is 305 g/mol. The van der Waals surface area contributed by atoms with Gasteiger partial charge in [0.1, 0.15) is 5.76 Å². The molecule has 0 aliphatic heterocycles. The van der Waals surface area contributed by atoms with Gasteiger partial charge in [0, 0.05) is 5.92 Å². The highest BCUT2D eigenvalue weighted by Gasteiger charge is 2.39. The molecule has 1 fully saturated rings. The normalized spacial score (nSPS) is 21.3. The van der Waals surface area contributed by atoms with Gasteiger partial charge in [-0.05, 0) is 29.7 Å². The van der Waals surface area contributed by atoms with Crippen molar-refractivity contribution in [1.29, 1.82) is 0 Å². The van der Waals surface area contributed by atoms with Crippen LogP contribution in [-0.4, -0.2) is 16.1 Å². The Morgan fingerprint density at radius 2 is 2.29 bits per heavy atom. The zero-order chi connectivity index (χ0) is 15.0. The van der Waals surface area contributed by atoms with Gasteiger partial charge in [0.25, 0.3) is 0 Å². The Morgan fingerprint density at radius 3 is 2.90 bits per heavy atom. The standard InChI is InChI=1S/C16H19NO3S/c1-16(2)8-4-3-6-10(16)13-12(15(18)19)17-14(20-13)11-7-5-9-21-11/h5,7,9-10H,3-4,6,8H2,1-2H3,(H,18,19). The topological polar surface area (TPSA) is 63.3 Å². The molecule has 5 heteroatoms. The molecule has 1 N–H and O–H groups in total. The van der Waals surface area contributed by atoms with Gasteiger partial charge in [-0.3, -0.25) is 0 Å². The first kappa shape index (κ1) is 14.3. The Hall–Kier alpha value is -1.62. The molecule has 0 bridgehead atoms. The van der Waals surface area contributed by atoms with E-state index in [-0.39, 0.29) is 17.0 Å². The number of hydrogen-bond donors (Lipinski definition) is 1. The third-order valence-electron chi connectivity index (χ3n) is 4.41. The van der Waals surface area contributed by atoms with Crippen LogP contribution in [0.2, 0.25) is 0 Å². The lowest BCUT2D eigenvalue weighted by Crippen LogP contribution is -2.27. The number of aromatic nitrogens is 1. The summed E-state index contributed by atoms with van der Waals surface area (Å²) in [5.41, 5.74) is 0.132. The molecule has 3 rings (SSSR count). The summed E-state index contributed by atoms with van der Waals surface area (Å²) in [6.07, 6.45) is 4.36. The van der Waals surface area contributed by atoms with Crippen molar-refractivity contribution in [3.05, 3.63) is 29.0 Å². The molecule has 0 radical (unpaired) electrons. The molecule has 1 saturated carbocycles. The molecule has 1 aliphatic carbocycles. The number of carboxylic acid groups (broad SMARTS) is 1. The van der Waals surface area contributed by atoms with Crippen LogP contribution in [0.25, 0.3) is 10.8 Å². The molecular formula is C16H19NO3S.